The van der Waals surface area contributed by atoms with Crippen LogP contribution in [0.1, 0.15) is 19.4 Å². The average Bonchev–Trinajstić information content (AvgIpc) is 3.30. The molecule has 0 bridgehead atoms. The molecular weight excluding hydrogens is 458 g/mol. The Labute approximate surface area is 207 Å². The SMILES string of the molecule is CC(C)N(C(=O)CSc1nnc2n(Cc3ccccc3)c(=O)c3ccccc3n12)c1ccccc1. The zero-order valence-electron chi connectivity index (χ0n) is 19.5. The van der Waals surface area contributed by atoms with E-state index in [4.69, 9.17) is 0 Å². The monoisotopic (exact) mass is 483 g/mol. The summed E-state index contributed by atoms with van der Waals surface area (Å²) in [5.41, 5.74) is 2.46. The molecule has 0 aliphatic heterocycles. The van der Waals surface area contributed by atoms with Crippen molar-refractivity contribution in [3.8, 4) is 0 Å². The van der Waals surface area contributed by atoms with E-state index >= 15 is 0 Å². The van der Waals surface area contributed by atoms with Gasteiger partial charge in [-0.3, -0.25) is 18.6 Å². The first-order valence-corrected chi connectivity index (χ1v) is 12.4. The molecule has 8 heteroatoms. The molecule has 0 fully saturated rings. The molecule has 0 aliphatic carbocycles. The highest BCUT2D eigenvalue weighted by molar-refractivity contribution is 7.99. The van der Waals surface area contributed by atoms with E-state index in [1.165, 1.54) is 11.8 Å². The predicted octanol–water partition coefficient (Wildman–Crippen LogP) is 4.63. The Bertz CT molecular complexity index is 1540. The van der Waals surface area contributed by atoms with Gasteiger partial charge in [0.2, 0.25) is 11.7 Å². The maximum absolute atomic E-state index is 13.4. The number of carbonyl (C=O) groups excluding carboxylic acids is 1. The summed E-state index contributed by atoms with van der Waals surface area (Å²) in [6.45, 7) is 4.38. The van der Waals surface area contributed by atoms with Crippen molar-refractivity contribution in [2.24, 2.45) is 0 Å². The molecule has 1 amide bonds. The second-order valence-corrected chi connectivity index (χ2v) is 9.44. The quantitative estimate of drug-likeness (QED) is 0.316. The lowest BCUT2D eigenvalue weighted by atomic mass is 10.2. The summed E-state index contributed by atoms with van der Waals surface area (Å²) < 4.78 is 3.51. The van der Waals surface area contributed by atoms with E-state index < -0.39 is 0 Å². The summed E-state index contributed by atoms with van der Waals surface area (Å²) in [7, 11) is 0. The second kappa shape index (κ2) is 9.76. The van der Waals surface area contributed by atoms with Crippen molar-refractivity contribution in [3.63, 3.8) is 0 Å². The fourth-order valence-electron chi connectivity index (χ4n) is 4.25. The lowest BCUT2D eigenvalue weighted by molar-refractivity contribution is -0.116. The maximum Gasteiger partial charge on any atom is 0.263 e. The first-order valence-electron chi connectivity index (χ1n) is 11.4. The van der Waals surface area contributed by atoms with Crippen LogP contribution in [0, 0.1) is 0 Å². The van der Waals surface area contributed by atoms with E-state index in [1.807, 2.05) is 103 Å². The number of carbonyl (C=O) groups is 1. The molecule has 3 aromatic carbocycles. The number of rotatable bonds is 7. The Hall–Kier alpha value is -3.91. The highest BCUT2D eigenvalue weighted by Crippen LogP contribution is 2.24. The molecule has 0 saturated carbocycles. The number of aromatic nitrogens is 4. The number of anilines is 1. The molecule has 0 spiro atoms. The molecule has 5 aromatic rings. The zero-order chi connectivity index (χ0) is 24.4. The molecule has 5 rings (SSSR count). The van der Waals surface area contributed by atoms with Crippen LogP contribution in [0.2, 0.25) is 0 Å². The summed E-state index contributed by atoms with van der Waals surface area (Å²) >= 11 is 1.32. The van der Waals surface area contributed by atoms with Crippen LogP contribution in [-0.4, -0.2) is 36.9 Å². The largest absolute Gasteiger partial charge is 0.309 e. The molecule has 2 heterocycles. The van der Waals surface area contributed by atoms with E-state index in [1.54, 1.807) is 9.47 Å². The number of thioether (sulfide) groups is 1. The van der Waals surface area contributed by atoms with Crippen LogP contribution in [0.5, 0.6) is 0 Å². The molecule has 0 radical (unpaired) electrons. The molecule has 176 valence electrons. The summed E-state index contributed by atoms with van der Waals surface area (Å²) in [6, 6.07) is 26.9. The first-order chi connectivity index (χ1) is 17.0. The van der Waals surface area contributed by atoms with E-state index in [2.05, 4.69) is 10.2 Å². The lowest BCUT2D eigenvalue weighted by Crippen LogP contribution is -2.38. The zero-order valence-corrected chi connectivity index (χ0v) is 20.4. The van der Waals surface area contributed by atoms with Crippen LogP contribution in [0.3, 0.4) is 0 Å². The molecule has 0 unspecified atom stereocenters. The van der Waals surface area contributed by atoms with Crippen LogP contribution in [0.4, 0.5) is 5.69 Å². The molecule has 0 atom stereocenters. The molecule has 0 saturated heterocycles. The van der Waals surface area contributed by atoms with Crippen molar-refractivity contribution in [3.05, 3.63) is 101 Å². The van der Waals surface area contributed by atoms with Crippen LogP contribution in [0.25, 0.3) is 16.7 Å². The Morgan fingerprint density at radius 3 is 2.29 bits per heavy atom. The smallest absolute Gasteiger partial charge is 0.263 e. The van der Waals surface area contributed by atoms with E-state index in [0.717, 1.165) is 16.8 Å². The number of amides is 1. The van der Waals surface area contributed by atoms with Gasteiger partial charge in [0.1, 0.15) is 0 Å². The number of hydrogen-bond donors (Lipinski definition) is 0. The number of benzene rings is 3. The molecule has 35 heavy (non-hydrogen) atoms. The van der Waals surface area contributed by atoms with Gasteiger partial charge in [-0.2, -0.15) is 0 Å². The van der Waals surface area contributed by atoms with Crippen molar-refractivity contribution in [2.75, 3.05) is 10.7 Å². The molecule has 0 aliphatic rings. The Morgan fingerprint density at radius 2 is 1.57 bits per heavy atom. The van der Waals surface area contributed by atoms with E-state index in [0.29, 0.717) is 22.9 Å². The number of hydrogen-bond acceptors (Lipinski definition) is 5. The molecule has 2 aromatic heterocycles. The summed E-state index contributed by atoms with van der Waals surface area (Å²) in [4.78, 5) is 28.4. The Balaban J connectivity index is 1.53. The maximum atomic E-state index is 13.4. The van der Waals surface area contributed by atoms with Gasteiger partial charge in [0.05, 0.1) is 23.2 Å². The van der Waals surface area contributed by atoms with Gasteiger partial charge in [-0.05, 0) is 43.7 Å². The van der Waals surface area contributed by atoms with Crippen molar-refractivity contribution >= 4 is 40.0 Å². The highest BCUT2D eigenvalue weighted by Gasteiger charge is 2.22. The molecule has 7 nitrogen and oxygen atoms in total. The van der Waals surface area contributed by atoms with Gasteiger partial charge in [0.15, 0.2) is 5.16 Å². The van der Waals surface area contributed by atoms with Gasteiger partial charge in [0.25, 0.3) is 5.56 Å². The molecular formula is C27H25N5O2S. The normalized spacial score (nSPS) is 11.4. The fourth-order valence-corrected chi connectivity index (χ4v) is 5.05. The predicted molar refractivity (Wildman–Crippen MR) is 140 cm³/mol. The number of para-hydroxylation sites is 2. The summed E-state index contributed by atoms with van der Waals surface area (Å²) in [5, 5.41) is 9.91. The topological polar surface area (TPSA) is 72.5 Å². The third-order valence-corrected chi connectivity index (χ3v) is 6.72. The third kappa shape index (κ3) is 4.44. The lowest BCUT2D eigenvalue weighted by Gasteiger charge is -2.26. The average molecular weight is 484 g/mol. The number of fused-ring (bicyclic) bond motifs is 3. The number of nitrogens with zero attached hydrogens (tertiary/aromatic N) is 5. The van der Waals surface area contributed by atoms with Crippen molar-refractivity contribution in [2.45, 2.75) is 31.6 Å². The van der Waals surface area contributed by atoms with Crippen LogP contribution < -0.4 is 10.5 Å². The standard InChI is InChI=1S/C27H25N5O2S/c1-19(2)31(21-13-7-4-8-14-21)24(33)18-35-27-29-28-26-30(17-20-11-5-3-6-12-20)25(34)22-15-9-10-16-23(22)32(26)27/h3-16,19H,17-18H2,1-2H3. The van der Waals surface area contributed by atoms with Gasteiger partial charge in [0, 0.05) is 11.7 Å². The van der Waals surface area contributed by atoms with Gasteiger partial charge in [-0.1, -0.05) is 72.4 Å². The van der Waals surface area contributed by atoms with Crippen molar-refractivity contribution in [1.82, 2.24) is 19.2 Å². The molecule has 0 N–H and O–H groups in total. The summed E-state index contributed by atoms with van der Waals surface area (Å²) in [5.74, 6) is 0.631. The van der Waals surface area contributed by atoms with E-state index in [9.17, 15) is 9.59 Å². The minimum absolute atomic E-state index is 0.0116. The Kier molecular flexibility index (Phi) is 6.37. The summed E-state index contributed by atoms with van der Waals surface area (Å²) in [6.07, 6.45) is 0. The first kappa shape index (κ1) is 22.9. The van der Waals surface area contributed by atoms with Crippen LogP contribution >= 0.6 is 11.8 Å². The van der Waals surface area contributed by atoms with Gasteiger partial charge in [-0.15, -0.1) is 10.2 Å². The van der Waals surface area contributed by atoms with Gasteiger partial charge < -0.3 is 4.90 Å². The minimum Gasteiger partial charge on any atom is -0.309 e. The second-order valence-electron chi connectivity index (χ2n) is 8.49. The van der Waals surface area contributed by atoms with E-state index in [-0.39, 0.29) is 23.3 Å². The van der Waals surface area contributed by atoms with Crippen molar-refractivity contribution < 1.29 is 4.79 Å². The van der Waals surface area contributed by atoms with Gasteiger partial charge >= 0.3 is 0 Å². The fraction of sp³-hybridized carbons (Fsp3) is 0.185. The van der Waals surface area contributed by atoms with Crippen molar-refractivity contribution in [1.29, 1.82) is 0 Å². The van der Waals surface area contributed by atoms with Gasteiger partial charge in [-0.25, -0.2) is 0 Å². The van der Waals surface area contributed by atoms with Crippen LogP contribution in [0.15, 0.2) is 94.9 Å². The van der Waals surface area contributed by atoms with Crippen LogP contribution in [-0.2, 0) is 11.3 Å². The third-order valence-electron chi connectivity index (χ3n) is 5.81. The Morgan fingerprint density at radius 1 is 0.914 bits per heavy atom. The minimum atomic E-state index is -0.118. The highest BCUT2D eigenvalue weighted by atomic mass is 32.2.